The molecule has 1 amide bonds. The van der Waals surface area contributed by atoms with Gasteiger partial charge in [-0.15, -0.1) is 0 Å². The number of benzene rings is 2. The van der Waals surface area contributed by atoms with Gasteiger partial charge in [0.1, 0.15) is 0 Å². The van der Waals surface area contributed by atoms with E-state index in [0.29, 0.717) is 11.4 Å². The molecule has 0 aromatic heterocycles. The zero-order chi connectivity index (χ0) is 14.5. The molecule has 0 aliphatic carbocycles. The van der Waals surface area contributed by atoms with E-state index < -0.39 is 5.82 Å². The molecule has 0 atom stereocenters. The van der Waals surface area contributed by atoms with E-state index in [1.165, 1.54) is 6.07 Å². The highest BCUT2D eigenvalue weighted by molar-refractivity contribution is 5.92. The number of aryl methyl sites for hydroxylation is 1. The summed E-state index contributed by atoms with van der Waals surface area (Å²) in [7, 11) is 0. The number of hydrogen-bond acceptors (Lipinski definition) is 3. The summed E-state index contributed by atoms with van der Waals surface area (Å²) < 4.78 is 18.6. The lowest BCUT2D eigenvalue weighted by molar-refractivity contribution is -0.118. The van der Waals surface area contributed by atoms with Crippen LogP contribution in [0.2, 0.25) is 0 Å². The average Bonchev–Trinajstić information content (AvgIpc) is 2.42. The molecule has 0 bridgehead atoms. The molecule has 2 rings (SSSR count). The average molecular weight is 274 g/mol. The molecule has 0 aliphatic heterocycles. The van der Waals surface area contributed by atoms with Gasteiger partial charge in [0.15, 0.2) is 18.2 Å². The summed E-state index contributed by atoms with van der Waals surface area (Å²) in [5.74, 6) is -0.788. The highest BCUT2D eigenvalue weighted by Crippen LogP contribution is 2.18. The highest BCUT2D eigenvalue weighted by atomic mass is 19.1. The Labute approximate surface area is 116 Å². The Morgan fingerprint density at radius 3 is 2.65 bits per heavy atom. The molecule has 20 heavy (non-hydrogen) atoms. The van der Waals surface area contributed by atoms with Crippen LogP contribution in [0.1, 0.15) is 5.56 Å². The van der Waals surface area contributed by atoms with Crippen LogP contribution in [0.3, 0.4) is 0 Å². The molecule has 0 unspecified atom stereocenters. The van der Waals surface area contributed by atoms with Crippen LogP contribution >= 0.6 is 0 Å². The normalized spacial score (nSPS) is 10.1. The van der Waals surface area contributed by atoms with Gasteiger partial charge in [-0.1, -0.05) is 6.07 Å². The summed E-state index contributed by atoms with van der Waals surface area (Å²) in [5.41, 5.74) is 7.63. The van der Waals surface area contributed by atoms with Crippen molar-refractivity contribution in [3.05, 3.63) is 53.8 Å². The molecule has 5 heteroatoms. The van der Waals surface area contributed by atoms with Crippen molar-refractivity contribution in [2.24, 2.45) is 0 Å². The van der Waals surface area contributed by atoms with Crippen LogP contribution in [0.4, 0.5) is 15.8 Å². The van der Waals surface area contributed by atoms with Crippen LogP contribution in [0.25, 0.3) is 0 Å². The maximum Gasteiger partial charge on any atom is 0.262 e. The second kappa shape index (κ2) is 6.06. The standard InChI is InChI=1S/C15H15FN2O2/c1-10-2-7-13(16)14(8-10)20-9-15(19)18-12-5-3-11(17)4-6-12/h2-8H,9,17H2,1H3,(H,18,19). The Hall–Kier alpha value is -2.56. The van der Waals surface area contributed by atoms with Gasteiger partial charge in [0.05, 0.1) is 0 Å². The molecule has 0 fully saturated rings. The molecular formula is C15H15FN2O2. The van der Waals surface area contributed by atoms with Gasteiger partial charge in [-0.3, -0.25) is 4.79 Å². The Bertz CT molecular complexity index is 612. The van der Waals surface area contributed by atoms with E-state index in [9.17, 15) is 9.18 Å². The monoisotopic (exact) mass is 274 g/mol. The number of nitrogens with two attached hydrogens (primary N) is 1. The summed E-state index contributed by atoms with van der Waals surface area (Å²) in [6, 6.07) is 11.2. The molecule has 104 valence electrons. The van der Waals surface area contributed by atoms with Crippen LogP contribution < -0.4 is 15.8 Å². The smallest absolute Gasteiger partial charge is 0.262 e. The second-order valence-electron chi connectivity index (χ2n) is 4.39. The van der Waals surface area contributed by atoms with Crippen molar-refractivity contribution in [1.82, 2.24) is 0 Å². The molecule has 2 aromatic carbocycles. The van der Waals surface area contributed by atoms with E-state index in [-0.39, 0.29) is 18.3 Å². The van der Waals surface area contributed by atoms with Crippen molar-refractivity contribution in [1.29, 1.82) is 0 Å². The first-order valence-corrected chi connectivity index (χ1v) is 6.09. The molecule has 0 aliphatic rings. The number of carbonyl (C=O) groups excluding carboxylic acids is 1. The lowest BCUT2D eigenvalue weighted by Crippen LogP contribution is -2.20. The molecule has 0 radical (unpaired) electrons. The van der Waals surface area contributed by atoms with E-state index in [1.807, 2.05) is 6.92 Å². The van der Waals surface area contributed by atoms with Gasteiger partial charge < -0.3 is 15.8 Å². The van der Waals surface area contributed by atoms with Crippen LogP contribution in [0.15, 0.2) is 42.5 Å². The van der Waals surface area contributed by atoms with Gasteiger partial charge >= 0.3 is 0 Å². The second-order valence-corrected chi connectivity index (χ2v) is 4.39. The van der Waals surface area contributed by atoms with Crippen LogP contribution in [0.5, 0.6) is 5.75 Å². The zero-order valence-electron chi connectivity index (χ0n) is 11.0. The summed E-state index contributed by atoms with van der Waals surface area (Å²) in [5, 5.41) is 2.63. The first-order valence-electron chi connectivity index (χ1n) is 6.09. The quantitative estimate of drug-likeness (QED) is 0.842. The zero-order valence-corrected chi connectivity index (χ0v) is 11.0. The van der Waals surface area contributed by atoms with Crippen molar-refractivity contribution >= 4 is 17.3 Å². The largest absolute Gasteiger partial charge is 0.481 e. The van der Waals surface area contributed by atoms with Crippen molar-refractivity contribution < 1.29 is 13.9 Å². The van der Waals surface area contributed by atoms with E-state index in [2.05, 4.69) is 5.32 Å². The minimum atomic E-state index is -0.490. The fourth-order valence-electron chi connectivity index (χ4n) is 1.63. The van der Waals surface area contributed by atoms with Gasteiger partial charge in [0.2, 0.25) is 0 Å². The number of halogens is 1. The molecule has 2 aromatic rings. The predicted octanol–water partition coefficient (Wildman–Crippen LogP) is 2.73. The third-order valence-electron chi connectivity index (χ3n) is 2.64. The number of rotatable bonds is 4. The minimum absolute atomic E-state index is 0.0671. The molecule has 4 nitrogen and oxygen atoms in total. The van der Waals surface area contributed by atoms with Gasteiger partial charge in [-0.25, -0.2) is 4.39 Å². The van der Waals surface area contributed by atoms with Gasteiger partial charge in [0, 0.05) is 11.4 Å². The minimum Gasteiger partial charge on any atom is -0.481 e. The van der Waals surface area contributed by atoms with Crippen LogP contribution in [-0.2, 0) is 4.79 Å². The van der Waals surface area contributed by atoms with Gasteiger partial charge in [0.25, 0.3) is 5.91 Å². The summed E-state index contributed by atoms with van der Waals surface area (Å²) in [6.07, 6.45) is 0. The number of carbonyl (C=O) groups is 1. The molecular weight excluding hydrogens is 259 g/mol. The third kappa shape index (κ3) is 3.71. The number of ether oxygens (including phenoxy) is 1. The molecule has 0 spiro atoms. The Morgan fingerprint density at radius 1 is 1.25 bits per heavy atom. The van der Waals surface area contributed by atoms with Crippen molar-refractivity contribution in [3.63, 3.8) is 0 Å². The number of nitrogens with one attached hydrogen (secondary N) is 1. The van der Waals surface area contributed by atoms with Gasteiger partial charge in [-0.05, 0) is 48.9 Å². The Kier molecular flexibility index (Phi) is 4.20. The van der Waals surface area contributed by atoms with Crippen LogP contribution in [-0.4, -0.2) is 12.5 Å². The van der Waals surface area contributed by atoms with Crippen molar-refractivity contribution in [3.8, 4) is 5.75 Å². The van der Waals surface area contributed by atoms with E-state index in [1.54, 1.807) is 36.4 Å². The summed E-state index contributed by atoms with van der Waals surface area (Å²) in [4.78, 5) is 11.7. The Morgan fingerprint density at radius 2 is 1.95 bits per heavy atom. The summed E-state index contributed by atoms with van der Waals surface area (Å²) in [6.45, 7) is 1.56. The number of anilines is 2. The molecule has 3 N–H and O–H groups in total. The fraction of sp³-hybridized carbons (Fsp3) is 0.133. The number of hydrogen-bond donors (Lipinski definition) is 2. The maximum absolute atomic E-state index is 13.4. The summed E-state index contributed by atoms with van der Waals surface area (Å²) >= 11 is 0. The lowest BCUT2D eigenvalue weighted by atomic mass is 10.2. The topological polar surface area (TPSA) is 64.3 Å². The first kappa shape index (κ1) is 13.9. The van der Waals surface area contributed by atoms with Crippen molar-refractivity contribution in [2.45, 2.75) is 6.92 Å². The van der Waals surface area contributed by atoms with Crippen molar-refractivity contribution in [2.75, 3.05) is 17.7 Å². The Balaban J connectivity index is 1.92. The van der Waals surface area contributed by atoms with E-state index >= 15 is 0 Å². The fourth-order valence-corrected chi connectivity index (χ4v) is 1.63. The van der Waals surface area contributed by atoms with Crippen LogP contribution in [0, 0.1) is 12.7 Å². The highest BCUT2D eigenvalue weighted by Gasteiger charge is 2.07. The maximum atomic E-state index is 13.4. The number of amides is 1. The lowest BCUT2D eigenvalue weighted by Gasteiger charge is -2.09. The number of nitrogen functional groups attached to an aromatic ring is 1. The molecule has 0 saturated heterocycles. The SMILES string of the molecule is Cc1ccc(F)c(OCC(=O)Nc2ccc(N)cc2)c1. The molecule has 0 saturated carbocycles. The van der Waals surface area contributed by atoms with Gasteiger partial charge in [-0.2, -0.15) is 0 Å². The van der Waals surface area contributed by atoms with E-state index in [4.69, 9.17) is 10.5 Å². The molecule has 0 heterocycles. The van der Waals surface area contributed by atoms with E-state index in [0.717, 1.165) is 5.56 Å². The predicted molar refractivity (Wildman–Crippen MR) is 76.1 cm³/mol. The first-order chi connectivity index (χ1) is 9.54. The third-order valence-corrected chi connectivity index (χ3v) is 2.64.